The Morgan fingerprint density at radius 3 is 2.39 bits per heavy atom. The van der Waals surface area contributed by atoms with Crippen molar-refractivity contribution in [3.63, 3.8) is 0 Å². The summed E-state index contributed by atoms with van der Waals surface area (Å²) in [5.74, 6) is 0. The second-order valence-corrected chi connectivity index (χ2v) is 6.79. The Morgan fingerprint density at radius 2 is 1.83 bits per heavy atom. The van der Waals surface area contributed by atoms with Crippen LogP contribution < -0.4 is 4.72 Å². The number of hydrogen-bond donors (Lipinski definition) is 1. The van der Waals surface area contributed by atoms with Gasteiger partial charge in [-0.05, 0) is 24.6 Å². The van der Waals surface area contributed by atoms with Crippen molar-refractivity contribution >= 4 is 21.4 Å². The Kier molecular flexibility index (Phi) is 3.79. The number of sulfonamides is 1. The van der Waals surface area contributed by atoms with Gasteiger partial charge in [0, 0.05) is 6.04 Å². The van der Waals surface area contributed by atoms with E-state index in [1.807, 2.05) is 30.3 Å². The van der Waals surface area contributed by atoms with Crippen molar-refractivity contribution in [2.24, 2.45) is 0 Å². The van der Waals surface area contributed by atoms with Gasteiger partial charge in [0.1, 0.15) is 4.21 Å². The normalized spacial score (nSPS) is 13.4. The average molecular weight is 285 g/mol. The molecule has 1 unspecified atom stereocenters. The lowest BCUT2D eigenvalue weighted by atomic mass is 10.1. The van der Waals surface area contributed by atoms with Gasteiger partial charge in [0.05, 0.1) is 0 Å². The molecule has 18 heavy (non-hydrogen) atoms. The van der Waals surface area contributed by atoms with E-state index in [1.165, 1.54) is 6.07 Å². The van der Waals surface area contributed by atoms with E-state index in [0.717, 1.165) is 11.6 Å². The molecule has 6 heteroatoms. The van der Waals surface area contributed by atoms with Gasteiger partial charge in [0.15, 0.2) is 5.13 Å². The molecular weight excluding hydrogens is 273 g/mol. The maximum Gasteiger partial charge on any atom is 0.250 e. The lowest BCUT2D eigenvalue weighted by molar-refractivity contribution is 0.569. The SMILES string of the molecule is CC(NS(=O)(=O)c1ccc(F)s1)c1ccccc1. The number of nitrogens with one attached hydrogen (secondary N) is 1. The van der Waals surface area contributed by atoms with Crippen molar-refractivity contribution in [1.82, 2.24) is 4.72 Å². The molecule has 0 aliphatic rings. The fourth-order valence-electron chi connectivity index (χ4n) is 1.54. The lowest BCUT2D eigenvalue weighted by Crippen LogP contribution is -2.26. The minimum Gasteiger partial charge on any atom is -0.206 e. The van der Waals surface area contributed by atoms with Gasteiger partial charge in [-0.3, -0.25) is 0 Å². The van der Waals surface area contributed by atoms with E-state index < -0.39 is 15.2 Å². The molecule has 2 rings (SSSR count). The van der Waals surface area contributed by atoms with Crippen LogP contribution in [0.2, 0.25) is 0 Å². The molecule has 1 N–H and O–H groups in total. The van der Waals surface area contributed by atoms with Crippen LogP contribution in [0.1, 0.15) is 18.5 Å². The minimum atomic E-state index is -3.66. The van der Waals surface area contributed by atoms with Crippen LogP contribution in [0.25, 0.3) is 0 Å². The molecule has 0 spiro atoms. The summed E-state index contributed by atoms with van der Waals surface area (Å²) in [6, 6.07) is 11.3. The van der Waals surface area contributed by atoms with Crippen LogP contribution in [0.5, 0.6) is 0 Å². The van der Waals surface area contributed by atoms with E-state index in [4.69, 9.17) is 0 Å². The smallest absolute Gasteiger partial charge is 0.206 e. The highest BCUT2D eigenvalue weighted by Crippen LogP contribution is 2.22. The predicted octanol–water partition coefficient (Wildman–Crippen LogP) is 2.93. The number of benzene rings is 1. The number of thiophene rings is 1. The maximum atomic E-state index is 12.8. The summed E-state index contributed by atoms with van der Waals surface area (Å²) >= 11 is 0.615. The van der Waals surface area contributed by atoms with E-state index in [2.05, 4.69) is 4.72 Å². The molecule has 0 aliphatic carbocycles. The third-order valence-electron chi connectivity index (χ3n) is 2.44. The standard InChI is InChI=1S/C12H12FNO2S2/c1-9(10-5-3-2-4-6-10)14-18(15,16)12-8-7-11(13)17-12/h2-9,14H,1H3. The summed E-state index contributed by atoms with van der Waals surface area (Å²) in [7, 11) is -3.66. The average Bonchev–Trinajstić information content (AvgIpc) is 2.77. The summed E-state index contributed by atoms with van der Waals surface area (Å²) in [6.07, 6.45) is 0. The van der Waals surface area contributed by atoms with Crippen LogP contribution in [-0.4, -0.2) is 8.42 Å². The number of halogens is 1. The van der Waals surface area contributed by atoms with Crippen LogP contribution in [-0.2, 0) is 10.0 Å². The van der Waals surface area contributed by atoms with E-state index >= 15 is 0 Å². The highest BCUT2D eigenvalue weighted by Gasteiger charge is 2.20. The molecule has 1 atom stereocenters. The van der Waals surface area contributed by atoms with Crippen molar-refractivity contribution in [3.8, 4) is 0 Å². The van der Waals surface area contributed by atoms with Gasteiger partial charge in [0.2, 0.25) is 0 Å². The van der Waals surface area contributed by atoms with Crippen molar-refractivity contribution in [3.05, 3.63) is 53.2 Å². The summed E-state index contributed by atoms with van der Waals surface area (Å²) in [4.78, 5) is 0. The molecule has 2 aromatic rings. The molecule has 0 fully saturated rings. The Morgan fingerprint density at radius 1 is 1.17 bits per heavy atom. The first-order valence-electron chi connectivity index (χ1n) is 5.31. The zero-order chi connectivity index (χ0) is 13.2. The van der Waals surface area contributed by atoms with Crippen molar-refractivity contribution < 1.29 is 12.8 Å². The molecule has 1 aromatic heterocycles. The van der Waals surface area contributed by atoms with E-state index in [1.54, 1.807) is 6.92 Å². The molecule has 0 amide bonds. The first-order valence-corrected chi connectivity index (χ1v) is 7.61. The molecule has 1 heterocycles. The molecule has 96 valence electrons. The molecule has 1 aromatic carbocycles. The zero-order valence-electron chi connectivity index (χ0n) is 9.63. The molecule has 0 radical (unpaired) electrons. The van der Waals surface area contributed by atoms with Crippen LogP contribution in [0.15, 0.2) is 46.7 Å². The summed E-state index contributed by atoms with van der Waals surface area (Å²) < 4.78 is 39.3. The molecular formula is C12H12FNO2S2. The third-order valence-corrected chi connectivity index (χ3v) is 5.35. The number of rotatable bonds is 4. The Hall–Kier alpha value is -1.24. The first kappa shape index (κ1) is 13.2. The highest BCUT2D eigenvalue weighted by atomic mass is 32.2. The lowest BCUT2D eigenvalue weighted by Gasteiger charge is -2.13. The fourth-order valence-corrected chi connectivity index (χ4v) is 3.79. The van der Waals surface area contributed by atoms with Gasteiger partial charge in [-0.2, -0.15) is 4.39 Å². The number of hydrogen-bond acceptors (Lipinski definition) is 3. The van der Waals surface area contributed by atoms with E-state index in [9.17, 15) is 12.8 Å². The highest BCUT2D eigenvalue weighted by molar-refractivity contribution is 7.91. The largest absolute Gasteiger partial charge is 0.250 e. The van der Waals surface area contributed by atoms with Gasteiger partial charge in [-0.25, -0.2) is 13.1 Å². The van der Waals surface area contributed by atoms with Gasteiger partial charge in [-0.15, -0.1) is 0 Å². The van der Waals surface area contributed by atoms with Crippen molar-refractivity contribution in [1.29, 1.82) is 0 Å². The van der Waals surface area contributed by atoms with Crippen molar-refractivity contribution in [2.45, 2.75) is 17.2 Å². The third kappa shape index (κ3) is 2.95. The summed E-state index contributed by atoms with van der Waals surface area (Å²) in [6.45, 7) is 1.75. The molecule has 0 bridgehead atoms. The van der Waals surface area contributed by atoms with E-state index in [0.29, 0.717) is 11.3 Å². The zero-order valence-corrected chi connectivity index (χ0v) is 11.3. The minimum absolute atomic E-state index is 0.0113. The first-order chi connectivity index (χ1) is 8.49. The monoisotopic (exact) mass is 285 g/mol. The Balaban J connectivity index is 2.19. The summed E-state index contributed by atoms with van der Waals surface area (Å²) in [5.41, 5.74) is 0.859. The van der Waals surface area contributed by atoms with E-state index in [-0.39, 0.29) is 10.3 Å². The van der Waals surface area contributed by atoms with Gasteiger partial charge < -0.3 is 0 Å². The van der Waals surface area contributed by atoms with Crippen molar-refractivity contribution in [2.75, 3.05) is 0 Å². The predicted molar refractivity (Wildman–Crippen MR) is 69.5 cm³/mol. The van der Waals surface area contributed by atoms with Gasteiger partial charge >= 0.3 is 0 Å². The topological polar surface area (TPSA) is 46.2 Å². The van der Waals surface area contributed by atoms with Crippen LogP contribution in [0.3, 0.4) is 0 Å². The Bertz CT molecular complexity index is 623. The van der Waals surface area contributed by atoms with Gasteiger partial charge in [0.25, 0.3) is 10.0 Å². The molecule has 0 saturated heterocycles. The molecule has 3 nitrogen and oxygen atoms in total. The van der Waals surface area contributed by atoms with Crippen LogP contribution in [0, 0.1) is 5.13 Å². The summed E-state index contributed by atoms with van der Waals surface area (Å²) in [5, 5.41) is -0.511. The van der Waals surface area contributed by atoms with Gasteiger partial charge in [-0.1, -0.05) is 41.7 Å². The second-order valence-electron chi connectivity index (χ2n) is 3.81. The molecule has 0 aliphatic heterocycles. The fraction of sp³-hybridized carbons (Fsp3) is 0.167. The van der Waals surface area contributed by atoms with Crippen LogP contribution in [0.4, 0.5) is 4.39 Å². The maximum absolute atomic E-state index is 12.8. The Labute approximate surface area is 109 Å². The quantitative estimate of drug-likeness (QED) is 0.939. The molecule has 0 saturated carbocycles. The second kappa shape index (κ2) is 5.17. The van der Waals surface area contributed by atoms with Crippen LogP contribution >= 0.6 is 11.3 Å².